The van der Waals surface area contributed by atoms with Gasteiger partial charge in [0.2, 0.25) is 12.0 Å². The summed E-state index contributed by atoms with van der Waals surface area (Å²) in [4.78, 5) is 10.9. The van der Waals surface area contributed by atoms with Gasteiger partial charge >= 0.3 is 5.97 Å². The SMILES string of the molecule is C[C@@H]1O[C@H](O)[C@@H](O[C@@H]2OC(C(=O)O)=C[C@@H](O)[C@H]2O)[C@@H](O)[C@H]1O. The van der Waals surface area contributed by atoms with Crippen LogP contribution in [-0.2, 0) is 19.0 Å². The Morgan fingerprint density at radius 3 is 2.36 bits per heavy atom. The average Bonchev–Trinajstić information content (AvgIpc) is 2.45. The van der Waals surface area contributed by atoms with Crippen LogP contribution in [-0.4, -0.2) is 85.8 Å². The van der Waals surface area contributed by atoms with E-state index in [-0.39, 0.29) is 0 Å². The van der Waals surface area contributed by atoms with E-state index in [1.807, 2.05) is 0 Å². The van der Waals surface area contributed by atoms with Crippen LogP contribution in [0.25, 0.3) is 0 Å². The van der Waals surface area contributed by atoms with E-state index >= 15 is 0 Å². The molecule has 0 aromatic carbocycles. The van der Waals surface area contributed by atoms with Gasteiger partial charge in [0.25, 0.3) is 0 Å². The van der Waals surface area contributed by atoms with Crippen LogP contribution >= 0.6 is 0 Å². The summed E-state index contributed by atoms with van der Waals surface area (Å²) >= 11 is 0. The zero-order chi connectivity index (χ0) is 16.6. The molecule has 2 aliphatic heterocycles. The molecule has 2 rings (SSSR count). The molecule has 1 saturated heterocycles. The fraction of sp³-hybridized carbons (Fsp3) is 0.750. The summed E-state index contributed by atoms with van der Waals surface area (Å²) < 4.78 is 14.9. The van der Waals surface area contributed by atoms with E-state index < -0.39 is 60.9 Å². The lowest BCUT2D eigenvalue weighted by Gasteiger charge is -2.41. The molecule has 1 fully saturated rings. The van der Waals surface area contributed by atoms with E-state index in [1.54, 1.807) is 0 Å². The Morgan fingerprint density at radius 1 is 1.14 bits per heavy atom. The molecule has 10 nitrogen and oxygen atoms in total. The number of aliphatic carboxylic acids is 1. The number of hydrogen-bond donors (Lipinski definition) is 6. The van der Waals surface area contributed by atoms with Crippen LogP contribution in [0, 0.1) is 0 Å². The second-order valence-corrected chi connectivity index (χ2v) is 5.12. The highest BCUT2D eigenvalue weighted by Crippen LogP contribution is 2.27. The van der Waals surface area contributed by atoms with E-state index in [4.69, 9.17) is 19.3 Å². The first kappa shape index (κ1) is 17.1. The third kappa shape index (κ3) is 3.22. The lowest BCUT2D eigenvalue weighted by Crippen LogP contribution is -2.60. The fourth-order valence-electron chi connectivity index (χ4n) is 2.20. The van der Waals surface area contributed by atoms with Gasteiger partial charge in [0.1, 0.15) is 30.5 Å². The van der Waals surface area contributed by atoms with Crippen LogP contribution in [0.5, 0.6) is 0 Å². The van der Waals surface area contributed by atoms with E-state index in [0.29, 0.717) is 0 Å². The number of rotatable bonds is 3. The second-order valence-electron chi connectivity index (χ2n) is 5.12. The summed E-state index contributed by atoms with van der Waals surface area (Å²) in [5, 5.41) is 57.5. The minimum atomic E-state index is -1.68. The number of carboxylic acids is 1. The number of ether oxygens (including phenoxy) is 3. The number of aliphatic hydroxyl groups is 5. The van der Waals surface area contributed by atoms with Crippen molar-refractivity contribution in [2.75, 3.05) is 0 Å². The Morgan fingerprint density at radius 2 is 1.77 bits per heavy atom. The Bertz CT molecular complexity index is 451. The Balaban J connectivity index is 2.12. The topological polar surface area (TPSA) is 166 Å². The molecule has 0 bridgehead atoms. The van der Waals surface area contributed by atoms with Crippen LogP contribution in [0.15, 0.2) is 11.8 Å². The molecule has 22 heavy (non-hydrogen) atoms. The van der Waals surface area contributed by atoms with Crippen molar-refractivity contribution in [2.24, 2.45) is 0 Å². The molecule has 0 aliphatic carbocycles. The summed E-state index contributed by atoms with van der Waals surface area (Å²) in [5.41, 5.74) is 0. The summed E-state index contributed by atoms with van der Waals surface area (Å²) in [6, 6.07) is 0. The van der Waals surface area contributed by atoms with Crippen molar-refractivity contribution in [1.82, 2.24) is 0 Å². The molecule has 0 radical (unpaired) electrons. The van der Waals surface area contributed by atoms with Gasteiger partial charge in [0.05, 0.1) is 6.10 Å². The van der Waals surface area contributed by atoms with Crippen molar-refractivity contribution < 1.29 is 49.6 Å². The second kappa shape index (κ2) is 6.46. The van der Waals surface area contributed by atoms with E-state index in [1.165, 1.54) is 6.92 Å². The molecule has 126 valence electrons. The normalized spacial score (nSPS) is 45.8. The van der Waals surface area contributed by atoms with Gasteiger partial charge in [-0.3, -0.25) is 0 Å². The highest BCUT2D eigenvalue weighted by atomic mass is 16.7. The lowest BCUT2D eigenvalue weighted by molar-refractivity contribution is -0.328. The molecule has 0 saturated carbocycles. The monoisotopic (exact) mass is 322 g/mol. The van der Waals surface area contributed by atoms with E-state index in [0.717, 1.165) is 6.08 Å². The summed E-state index contributed by atoms with van der Waals surface area (Å²) in [7, 11) is 0. The molecule has 2 heterocycles. The van der Waals surface area contributed by atoms with E-state index in [9.17, 15) is 30.3 Å². The molecule has 0 unspecified atom stereocenters. The highest BCUT2D eigenvalue weighted by Gasteiger charge is 2.46. The van der Waals surface area contributed by atoms with Gasteiger partial charge in [-0.05, 0) is 13.0 Å². The fourth-order valence-corrected chi connectivity index (χ4v) is 2.20. The van der Waals surface area contributed by atoms with Crippen molar-refractivity contribution in [3.05, 3.63) is 11.8 Å². The largest absolute Gasteiger partial charge is 0.475 e. The first-order valence-corrected chi connectivity index (χ1v) is 6.55. The average molecular weight is 322 g/mol. The van der Waals surface area contributed by atoms with Gasteiger partial charge < -0.3 is 44.8 Å². The summed E-state index contributed by atoms with van der Waals surface area (Å²) in [6.07, 6.45) is -11.1. The summed E-state index contributed by atoms with van der Waals surface area (Å²) in [5.74, 6) is -2.15. The predicted molar refractivity (Wildman–Crippen MR) is 66.0 cm³/mol. The number of carboxylic acid groups (broad SMARTS) is 1. The van der Waals surface area contributed by atoms with Crippen LogP contribution < -0.4 is 0 Å². The van der Waals surface area contributed by atoms with E-state index in [2.05, 4.69) is 0 Å². The van der Waals surface area contributed by atoms with Crippen molar-refractivity contribution in [3.8, 4) is 0 Å². The number of hydrogen-bond acceptors (Lipinski definition) is 9. The minimum Gasteiger partial charge on any atom is -0.475 e. The summed E-state index contributed by atoms with van der Waals surface area (Å²) in [6.45, 7) is 1.42. The van der Waals surface area contributed by atoms with Crippen LogP contribution in [0.2, 0.25) is 0 Å². The molecule has 6 N–H and O–H groups in total. The molecule has 0 amide bonds. The first-order chi connectivity index (χ1) is 10.2. The first-order valence-electron chi connectivity index (χ1n) is 6.55. The number of aliphatic hydroxyl groups excluding tert-OH is 5. The van der Waals surface area contributed by atoms with Crippen molar-refractivity contribution >= 4 is 5.97 Å². The van der Waals surface area contributed by atoms with Gasteiger partial charge in [-0.2, -0.15) is 0 Å². The third-order valence-corrected chi connectivity index (χ3v) is 3.50. The smallest absolute Gasteiger partial charge is 0.371 e. The predicted octanol–water partition coefficient (Wildman–Crippen LogP) is -3.12. The molecular formula is C12H18O10. The highest BCUT2D eigenvalue weighted by molar-refractivity contribution is 5.84. The van der Waals surface area contributed by atoms with Crippen LogP contribution in [0.3, 0.4) is 0 Å². The maximum atomic E-state index is 10.9. The Kier molecular flexibility index (Phi) is 5.02. The van der Waals surface area contributed by atoms with Crippen molar-refractivity contribution in [1.29, 1.82) is 0 Å². The minimum absolute atomic E-state index is 0.655. The van der Waals surface area contributed by atoms with Gasteiger partial charge in [0, 0.05) is 0 Å². The molecule has 2 aliphatic rings. The lowest BCUT2D eigenvalue weighted by atomic mass is 9.99. The Labute approximate surface area is 124 Å². The molecule has 10 heteroatoms. The zero-order valence-electron chi connectivity index (χ0n) is 11.5. The standard InChI is InChI=1S/C12H18O10/c1-3-6(14)8(16)9(11(19)20-3)22-12-7(15)4(13)2-5(21-12)10(17)18/h2-4,6-9,11-16,19H,1H3,(H,17,18)/t3-,4+,6-,7+,8-,9-,11-,12-/m0/s1. The van der Waals surface area contributed by atoms with Gasteiger partial charge in [-0.1, -0.05) is 0 Å². The van der Waals surface area contributed by atoms with Crippen molar-refractivity contribution in [3.63, 3.8) is 0 Å². The third-order valence-electron chi connectivity index (χ3n) is 3.50. The molecule has 8 atom stereocenters. The number of carbonyl (C=O) groups is 1. The van der Waals surface area contributed by atoms with Gasteiger partial charge in [-0.25, -0.2) is 4.79 Å². The molecule has 0 spiro atoms. The maximum Gasteiger partial charge on any atom is 0.371 e. The van der Waals surface area contributed by atoms with Gasteiger partial charge in [-0.15, -0.1) is 0 Å². The maximum absolute atomic E-state index is 10.9. The Hall–Kier alpha value is -1.27. The zero-order valence-corrected chi connectivity index (χ0v) is 11.5. The van der Waals surface area contributed by atoms with Gasteiger partial charge in [0.15, 0.2) is 6.29 Å². The molecular weight excluding hydrogens is 304 g/mol. The van der Waals surface area contributed by atoms with Crippen LogP contribution in [0.1, 0.15) is 6.92 Å². The van der Waals surface area contributed by atoms with Crippen LogP contribution in [0.4, 0.5) is 0 Å². The van der Waals surface area contributed by atoms with Crippen molar-refractivity contribution in [2.45, 2.75) is 56.1 Å². The molecule has 0 aromatic rings. The quantitative estimate of drug-likeness (QED) is 0.313. The molecule has 0 aromatic heterocycles.